The lowest BCUT2D eigenvalue weighted by atomic mass is 10.1. The van der Waals surface area contributed by atoms with Crippen LogP contribution in [0.3, 0.4) is 0 Å². The second kappa shape index (κ2) is 5.70. The van der Waals surface area contributed by atoms with Crippen LogP contribution >= 0.6 is 0 Å². The topological polar surface area (TPSA) is 72.2 Å². The van der Waals surface area contributed by atoms with E-state index in [1.165, 1.54) is 18.2 Å². The zero-order valence-electron chi connectivity index (χ0n) is 11.5. The molecule has 0 radical (unpaired) electrons. The Bertz CT molecular complexity index is 712. The Hall–Kier alpha value is -2.76. The summed E-state index contributed by atoms with van der Waals surface area (Å²) in [6.07, 6.45) is 0. The number of anilines is 1. The molecule has 1 N–H and O–H groups in total. The Kier molecular flexibility index (Phi) is 3.98. The molecule has 2 rings (SSSR count). The van der Waals surface area contributed by atoms with Crippen LogP contribution in [0.2, 0.25) is 0 Å². The van der Waals surface area contributed by atoms with Gasteiger partial charge in [-0.2, -0.15) is 0 Å². The van der Waals surface area contributed by atoms with Gasteiger partial charge in [0.1, 0.15) is 11.5 Å². The van der Waals surface area contributed by atoms with E-state index in [0.29, 0.717) is 5.56 Å². The van der Waals surface area contributed by atoms with Gasteiger partial charge in [0.15, 0.2) is 0 Å². The number of nitro benzene ring substituents is 1. The van der Waals surface area contributed by atoms with Crippen molar-refractivity contribution in [3.63, 3.8) is 0 Å². The molecular weight excluding hydrogens is 275 g/mol. The molecule has 0 fully saturated rings. The quantitative estimate of drug-likeness (QED) is 0.692. The summed E-state index contributed by atoms with van der Waals surface area (Å²) < 4.78 is 12.8. The van der Waals surface area contributed by atoms with Gasteiger partial charge in [-0.1, -0.05) is 6.07 Å². The van der Waals surface area contributed by atoms with Crippen molar-refractivity contribution in [1.82, 2.24) is 0 Å². The van der Waals surface area contributed by atoms with Gasteiger partial charge in [0, 0.05) is 11.6 Å². The van der Waals surface area contributed by atoms with Gasteiger partial charge < -0.3 is 5.32 Å². The van der Waals surface area contributed by atoms with Crippen molar-refractivity contribution in [3.05, 3.63) is 69.0 Å². The number of benzene rings is 2. The van der Waals surface area contributed by atoms with Crippen molar-refractivity contribution in [2.45, 2.75) is 13.8 Å². The van der Waals surface area contributed by atoms with E-state index in [4.69, 9.17) is 0 Å². The van der Waals surface area contributed by atoms with Crippen LogP contribution in [0, 0.1) is 29.8 Å². The first-order valence-corrected chi connectivity index (χ1v) is 6.21. The molecule has 0 aromatic heterocycles. The number of nitrogens with one attached hydrogen (secondary N) is 1. The molecule has 5 nitrogen and oxygen atoms in total. The fourth-order valence-electron chi connectivity index (χ4n) is 1.90. The monoisotopic (exact) mass is 288 g/mol. The molecule has 2 aromatic carbocycles. The minimum absolute atomic E-state index is 0.161. The van der Waals surface area contributed by atoms with Gasteiger partial charge in [0.25, 0.3) is 11.6 Å². The van der Waals surface area contributed by atoms with Gasteiger partial charge in [-0.15, -0.1) is 0 Å². The summed E-state index contributed by atoms with van der Waals surface area (Å²) in [7, 11) is 0. The van der Waals surface area contributed by atoms with Crippen LogP contribution in [-0.2, 0) is 0 Å². The normalized spacial score (nSPS) is 10.2. The first kappa shape index (κ1) is 14.6. The number of carbonyl (C=O) groups excluding carboxylic acids is 1. The lowest BCUT2D eigenvalue weighted by molar-refractivity contribution is -0.384. The zero-order chi connectivity index (χ0) is 15.6. The number of nitro groups is 1. The number of rotatable bonds is 3. The summed E-state index contributed by atoms with van der Waals surface area (Å²) in [5.74, 6) is -0.976. The number of hydrogen-bond acceptors (Lipinski definition) is 3. The van der Waals surface area contributed by atoms with Crippen molar-refractivity contribution in [1.29, 1.82) is 0 Å². The van der Waals surface area contributed by atoms with Gasteiger partial charge >= 0.3 is 0 Å². The van der Waals surface area contributed by atoms with Crippen LogP contribution in [-0.4, -0.2) is 10.8 Å². The molecular formula is C15H13FN2O3. The summed E-state index contributed by atoms with van der Waals surface area (Å²) in [6, 6.07) is 7.94. The summed E-state index contributed by atoms with van der Waals surface area (Å²) >= 11 is 0. The molecule has 0 aliphatic carbocycles. The van der Waals surface area contributed by atoms with Crippen LogP contribution in [0.4, 0.5) is 15.8 Å². The Morgan fingerprint density at radius 1 is 1.14 bits per heavy atom. The molecule has 0 atom stereocenters. The van der Waals surface area contributed by atoms with Gasteiger partial charge in [-0.3, -0.25) is 14.9 Å². The van der Waals surface area contributed by atoms with E-state index in [9.17, 15) is 19.3 Å². The van der Waals surface area contributed by atoms with E-state index in [1.54, 1.807) is 19.9 Å². The molecule has 0 bridgehead atoms. The largest absolute Gasteiger partial charge is 0.316 e. The Balaban J connectivity index is 2.38. The third-order valence-electron chi connectivity index (χ3n) is 3.26. The maximum absolute atomic E-state index is 12.8. The molecule has 1 amide bonds. The highest BCUT2D eigenvalue weighted by Gasteiger charge is 2.19. The minimum atomic E-state index is -0.549. The average Bonchev–Trinajstić information content (AvgIpc) is 2.44. The summed E-state index contributed by atoms with van der Waals surface area (Å²) in [5.41, 5.74) is 1.67. The van der Waals surface area contributed by atoms with Crippen LogP contribution < -0.4 is 5.32 Å². The molecule has 0 aliphatic heterocycles. The first-order valence-electron chi connectivity index (χ1n) is 6.21. The van der Waals surface area contributed by atoms with Gasteiger partial charge in [-0.05, 0) is 49.2 Å². The lowest BCUT2D eigenvalue weighted by Crippen LogP contribution is -2.14. The molecule has 0 heterocycles. The highest BCUT2D eigenvalue weighted by atomic mass is 19.1. The average molecular weight is 288 g/mol. The third-order valence-corrected chi connectivity index (χ3v) is 3.26. The van der Waals surface area contributed by atoms with E-state index in [-0.39, 0.29) is 16.9 Å². The molecule has 0 unspecified atom stereocenters. The maximum atomic E-state index is 12.8. The van der Waals surface area contributed by atoms with Crippen molar-refractivity contribution >= 4 is 17.3 Å². The summed E-state index contributed by atoms with van der Waals surface area (Å²) in [4.78, 5) is 22.6. The minimum Gasteiger partial charge on any atom is -0.316 e. The fraction of sp³-hybridized carbons (Fsp3) is 0.133. The smallest absolute Gasteiger partial charge is 0.293 e. The lowest BCUT2D eigenvalue weighted by Gasteiger charge is -2.11. The van der Waals surface area contributed by atoms with Crippen molar-refractivity contribution in [3.8, 4) is 0 Å². The van der Waals surface area contributed by atoms with E-state index in [2.05, 4.69) is 5.32 Å². The van der Waals surface area contributed by atoms with Crippen LogP contribution in [0.15, 0.2) is 36.4 Å². The van der Waals surface area contributed by atoms with Crippen LogP contribution in [0.5, 0.6) is 0 Å². The molecule has 0 aliphatic rings. The SMILES string of the molecule is Cc1ccc([N+](=O)[O-])c(NC(=O)c2ccc(F)cc2)c1C. The molecule has 21 heavy (non-hydrogen) atoms. The number of amides is 1. The molecule has 108 valence electrons. The van der Waals surface area contributed by atoms with Gasteiger partial charge in [0.05, 0.1) is 4.92 Å². The van der Waals surface area contributed by atoms with Gasteiger partial charge in [-0.25, -0.2) is 4.39 Å². The Labute approximate surface area is 120 Å². The predicted molar refractivity (Wildman–Crippen MR) is 76.9 cm³/mol. The Morgan fingerprint density at radius 3 is 2.33 bits per heavy atom. The molecule has 2 aromatic rings. The third kappa shape index (κ3) is 3.05. The van der Waals surface area contributed by atoms with Gasteiger partial charge in [0.2, 0.25) is 0 Å². The fourth-order valence-corrected chi connectivity index (χ4v) is 1.90. The molecule has 0 saturated heterocycles. The molecule has 0 saturated carbocycles. The first-order chi connectivity index (χ1) is 9.90. The molecule has 6 heteroatoms. The second-order valence-corrected chi connectivity index (χ2v) is 4.62. The standard InChI is InChI=1S/C15H13FN2O3/c1-9-3-8-13(18(20)21)14(10(9)2)17-15(19)11-4-6-12(16)7-5-11/h3-8H,1-2H3,(H,17,19). The van der Waals surface area contributed by atoms with E-state index < -0.39 is 16.6 Å². The predicted octanol–water partition coefficient (Wildman–Crippen LogP) is 3.60. The van der Waals surface area contributed by atoms with Crippen molar-refractivity contribution in [2.75, 3.05) is 5.32 Å². The van der Waals surface area contributed by atoms with E-state index in [0.717, 1.165) is 17.7 Å². The number of aryl methyl sites for hydroxylation is 1. The summed E-state index contributed by atoms with van der Waals surface area (Å²) in [6.45, 7) is 3.50. The zero-order valence-corrected chi connectivity index (χ0v) is 11.5. The van der Waals surface area contributed by atoms with Crippen molar-refractivity contribution < 1.29 is 14.1 Å². The number of nitrogens with zero attached hydrogens (tertiary/aromatic N) is 1. The van der Waals surface area contributed by atoms with Crippen LogP contribution in [0.1, 0.15) is 21.5 Å². The number of carbonyl (C=O) groups is 1. The highest BCUT2D eigenvalue weighted by molar-refractivity contribution is 6.06. The van der Waals surface area contributed by atoms with Crippen LogP contribution in [0.25, 0.3) is 0 Å². The second-order valence-electron chi connectivity index (χ2n) is 4.62. The number of halogens is 1. The maximum Gasteiger partial charge on any atom is 0.293 e. The molecule has 0 spiro atoms. The summed E-state index contributed by atoms with van der Waals surface area (Å²) in [5, 5.41) is 13.6. The van der Waals surface area contributed by atoms with Crippen molar-refractivity contribution in [2.24, 2.45) is 0 Å². The Morgan fingerprint density at radius 2 is 1.76 bits per heavy atom. The highest BCUT2D eigenvalue weighted by Crippen LogP contribution is 2.30. The van der Waals surface area contributed by atoms with E-state index in [1.807, 2.05) is 0 Å². The van der Waals surface area contributed by atoms with E-state index >= 15 is 0 Å². The number of hydrogen-bond donors (Lipinski definition) is 1.